The van der Waals surface area contributed by atoms with Crippen molar-refractivity contribution in [1.82, 2.24) is 0 Å². The molecule has 1 aliphatic heterocycles. The molecule has 0 aromatic carbocycles. The molecule has 0 radical (unpaired) electrons. The molecule has 0 aromatic heterocycles. The summed E-state index contributed by atoms with van der Waals surface area (Å²) in [5.41, 5.74) is 1.58. The van der Waals surface area contributed by atoms with Crippen molar-refractivity contribution in [3.05, 3.63) is 11.1 Å². The summed E-state index contributed by atoms with van der Waals surface area (Å²) in [7, 11) is 0. The van der Waals surface area contributed by atoms with Crippen LogP contribution >= 0.6 is 0 Å². The van der Waals surface area contributed by atoms with Gasteiger partial charge in [0.1, 0.15) is 24.4 Å². The van der Waals surface area contributed by atoms with Crippen LogP contribution in [0.5, 0.6) is 0 Å². The van der Waals surface area contributed by atoms with Crippen molar-refractivity contribution < 1.29 is 35.0 Å². The Morgan fingerprint density at radius 1 is 1.11 bits per heavy atom. The average molecular weight is 401 g/mol. The van der Waals surface area contributed by atoms with E-state index in [0.29, 0.717) is 12.8 Å². The highest BCUT2D eigenvalue weighted by Crippen LogP contribution is 2.57. The third kappa shape index (κ3) is 3.78. The normalized spacial score (nSPS) is 49.6. The summed E-state index contributed by atoms with van der Waals surface area (Å²) in [5, 5.41) is 50.9. The lowest BCUT2D eigenvalue weighted by atomic mass is 9.53. The first-order chi connectivity index (χ1) is 13.0. The third-order valence-corrected chi connectivity index (χ3v) is 7.46. The van der Waals surface area contributed by atoms with Gasteiger partial charge in [-0.05, 0) is 58.8 Å². The molecule has 3 aliphatic rings. The van der Waals surface area contributed by atoms with Crippen LogP contribution in [0.25, 0.3) is 0 Å². The molecular weight excluding hydrogens is 364 g/mol. The summed E-state index contributed by atoms with van der Waals surface area (Å²) >= 11 is 0. The first kappa shape index (κ1) is 22.2. The lowest BCUT2D eigenvalue weighted by Crippen LogP contribution is -2.62. The summed E-state index contributed by atoms with van der Waals surface area (Å²) in [6, 6.07) is 0. The minimum atomic E-state index is -1.45. The summed E-state index contributed by atoms with van der Waals surface area (Å²) in [6.07, 6.45) is -2.83. The number of ether oxygens (including phenoxy) is 2. The van der Waals surface area contributed by atoms with Crippen molar-refractivity contribution in [1.29, 1.82) is 0 Å². The Kier molecular flexibility index (Phi) is 6.29. The Morgan fingerprint density at radius 2 is 1.79 bits per heavy atom. The second kappa shape index (κ2) is 7.95. The molecule has 5 N–H and O–H groups in total. The Balaban J connectivity index is 1.82. The smallest absolute Gasteiger partial charge is 0.186 e. The van der Waals surface area contributed by atoms with Crippen LogP contribution in [-0.2, 0) is 9.47 Å². The molecule has 0 amide bonds. The van der Waals surface area contributed by atoms with E-state index in [9.17, 15) is 25.5 Å². The highest BCUT2D eigenvalue weighted by atomic mass is 16.7. The van der Waals surface area contributed by atoms with E-state index in [1.54, 1.807) is 0 Å². The second-order valence-corrected chi connectivity index (χ2v) is 9.58. The van der Waals surface area contributed by atoms with E-state index >= 15 is 0 Å². The minimum absolute atomic E-state index is 0.0160. The van der Waals surface area contributed by atoms with Crippen LogP contribution < -0.4 is 0 Å². The van der Waals surface area contributed by atoms with Crippen LogP contribution in [0.1, 0.15) is 59.8 Å². The van der Waals surface area contributed by atoms with Crippen molar-refractivity contribution in [2.24, 2.45) is 11.3 Å². The molecule has 2 saturated carbocycles. The molecule has 1 saturated heterocycles. The highest BCUT2D eigenvalue weighted by Gasteiger charge is 2.56. The summed E-state index contributed by atoms with van der Waals surface area (Å²) in [5.74, 6) is 0.0160. The molecule has 3 rings (SSSR count). The van der Waals surface area contributed by atoms with Gasteiger partial charge in [0, 0.05) is 5.41 Å². The lowest BCUT2D eigenvalue weighted by Gasteiger charge is -2.57. The molecule has 0 bridgehead atoms. The Labute approximate surface area is 167 Å². The van der Waals surface area contributed by atoms with Gasteiger partial charge < -0.3 is 35.0 Å². The van der Waals surface area contributed by atoms with Gasteiger partial charge in [-0.15, -0.1) is 0 Å². The van der Waals surface area contributed by atoms with Gasteiger partial charge in [-0.3, -0.25) is 0 Å². The number of allylic oxidation sites excluding steroid dienone is 2. The summed E-state index contributed by atoms with van der Waals surface area (Å²) in [4.78, 5) is 0. The van der Waals surface area contributed by atoms with Gasteiger partial charge in [0.05, 0.1) is 18.3 Å². The van der Waals surface area contributed by atoms with Crippen molar-refractivity contribution in [3.8, 4) is 0 Å². The van der Waals surface area contributed by atoms with Crippen molar-refractivity contribution in [2.45, 2.75) is 102 Å². The van der Waals surface area contributed by atoms with E-state index in [1.807, 2.05) is 6.92 Å². The lowest BCUT2D eigenvalue weighted by molar-refractivity contribution is -0.329. The van der Waals surface area contributed by atoms with Gasteiger partial charge in [-0.25, -0.2) is 0 Å². The van der Waals surface area contributed by atoms with Gasteiger partial charge in [-0.2, -0.15) is 0 Å². The molecule has 0 unspecified atom stereocenters. The molecule has 162 valence electrons. The van der Waals surface area contributed by atoms with E-state index in [1.165, 1.54) is 11.1 Å². The third-order valence-electron chi connectivity index (χ3n) is 7.46. The maximum atomic E-state index is 11.1. The van der Waals surface area contributed by atoms with E-state index in [0.717, 1.165) is 19.3 Å². The number of hydrogen-bond acceptors (Lipinski definition) is 7. The van der Waals surface area contributed by atoms with Gasteiger partial charge in [0.2, 0.25) is 0 Å². The fourth-order valence-electron chi connectivity index (χ4n) is 5.44. The SMILES string of the molecule is CC(C)=C1CC[C@]2(C)[C@@H](O[C@@H]3O[C@H](CO)[C@H](O)[C@H](O)[C@H]3O)CC[C@](C)(O)[C@H]2C1. The van der Waals surface area contributed by atoms with Crippen LogP contribution in [0, 0.1) is 11.3 Å². The second-order valence-electron chi connectivity index (χ2n) is 9.58. The molecule has 0 aromatic rings. The first-order valence-corrected chi connectivity index (χ1v) is 10.3. The zero-order valence-electron chi connectivity index (χ0n) is 17.3. The highest BCUT2D eigenvalue weighted by molar-refractivity contribution is 5.19. The topological polar surface area (TPSA) is 120 Å². The number of aliphatic hydroxyl groups is 5. The predicted octanol–water partition coefficient (Wildman–Crippen LogP) is 0.859. The van der Waals surface area contributed by atoms with Crippen LogP contribution in [0.4, 0.5) is 0 Å². The average Bonchev–Trinajstić information content (AvgIpc) is 2.64. The van der Waals surface area contributed by atoms with E-state index < -0.39 is 42.9 Å². The molecule has 9 atom stereocenters. The maximum absolute atomic E-state index is 11.1. The summed E-state index contributed by atoms with van der Waals surface area (Å²) in [6.45, 7) is 7.76. The van der Waals surface area contributed by atoms with Gasteiger partial charge in [0.25, 0.3) is 0 Å². The molecular formula is C21H36O7. The van der Waals surface area contributed by atoms with Crippen LogP contribution in [0.3, 0.4) is 0 Å². The van der Waals surface area contributed by atoms with Crippen molar-refractivity contribution in [3.63, 3.8) is 0 Å². The van der Waals surface area contributed by atoms with Crippen LogP contribution in [0.15, 0.2) is 11.1 Å². The molecule has 7 heteroatoms. The molecule has 7 nitrogen and oxygen atoms in total. The molecule has 28 heavy (non-hydrogen) atoms. The Bertz CT molecular complexity index is 598. The van der Waals surface area contributed by atoms with Crippen molar-refractivity contribution in [2.75, 3.05) is 6.61 Å². The zero-order chi connectivity index (χ0) is 20.9. The van der Waals surface area contributed by atoms with Crippen molar-refractivity contribution >= 4 is 0 Å². The monoisotopic (exact) mass is 400 g/mol. The zero-order valence-corrected chi connectivity index (χ0v) is 17.3. The summed E-state index contributed by atoms with van der Waals surface area (Å²) < 4.78 is 11.7. The Hall–Kier alpha value is -0.540. The first-order valence-electron chi connectivity index (χ1n) is 10.3. The predicted molar refractivity (Wildman–Crippen MR) is 102 cm³/mol. The molecule has 1 heterocycles. The number of rotatable bonds is 3. The Morgan fingerprint density at radius 3 is 2.39 bits per heavy atom. The van der Waals surface area contributed by atoms with Gasteiger partial charge in [0.15, 0.2) is 6.29 Å². The quantitative estimate of drug-likeness (QED) is 0.446. The van der Waals surface area contributed by atoms with Crippen LogP contribution in [-0.4, -0.2) is 74.6 Å². The minimum Gasteiger partial charge on any atom is -0.394 e. The largest absolute Gasteiger partial charge is 0.394 e. The van der Waals surface area contributed by atoms with Gasteiger partial charge >= 0.3 is 0 Å². The maximum Gasteiger partial charge on any atom is 0.186 e. The van der Waals surface area contributed by atoms with Gasteiger partial charge in [-0.1, -0.05) is 18.1 Å². The molecule has 3 fully saturated rings. The molecule has 2 aliphatic carbocycles. The van der Waals surface area contributed by atoms with E-state index in [4.69, 9.17) is 9.47 Å². The van der Waals surface area contributed by atoms with Crippen LogP contribution in [0.2, 0.25) is 0 Å². The standard InChI is InChI=1S/C21H36O7/c1-11(2)12-5-7-20(3)14(9-12)21(4,26)8-6-15(20)28-19-18(25)17(24)16(23)13(10-22)27-19/h13-19,22-26H,5-10H2,1-4H3/t13-,14+,15+,16+,17+,18-,19+,20+,21+/m1/s1. The van der Waals surface area contributed by atoms with E-state index in [-0.39, 0.29) is 17.4 Å². The number of hydrogen-bond donors (Lipinski definition) is 5. The van der Waals surface area contributed by atoms with E-state index in [2.05, 4.69) is 20.8 Å². The number of aliphatic hydroxyl groups excluding tert-OH is 4. The number of fused-ring (bicyclic) bond motifs is 1. The fraction of sp³-hybridized carbons (Fsp3) is 0.905. The molecule has 0 spiro atoms. The fourth-order valence-corrected chi connectivity index (χ4v) is 5.44.